The molecule has 88 valence electrons. The Labute approximate surface area is 89.1 Å². The lowest BCUT2D eigenvalue weighted by Gasteiger charge is -2.19. The zero-order valence-corrected chi connectivity index (χ0v) is 9.40. The van der Waals surface area contributed by atoms with Crippen molar-refractivity contribution < 1.29 is 18.3 Å². The van der Waals surface area contributed by atoms with Gasteiger partial charge in [0.25, 0.3) is 0 Å². The maximum Gasteiger partial charge on any atom is 0.320 e. The zero-order chi connectivity index (χ0) is 11.6. The molecule has 0 spiro atoms. The van der Waals surface area contributed by atoms with E-state index >= 15 is 0 Å². The summed E-state index contributed by atoms with van der Waals surface area (Å²) < 4.78 is 24.5. The molecular formula is C8H16N2O4S. The van der Waals surface area contributed by atoms with Crippen LogP contribution in [0, 0.1) is 5.92 Å². The van der Waals surface area contributed by atoms with Gasteiger partial charge in [-0.15, -0.1) is 0 Å². The van der Waals surface area contributed by atoms with Gasteiger partial charge < -0.3 is 10.8 Å². The molecule has 7 heteroatoms. The van der Waals surface area contributed by atoms with E-state index in [4.69, 9.17) is 10.8 Å². The molecule has 0 aliphatic carbocycles. The number of nitrogens with two attached hydrogens (primary N) is 1. The van der Waals surface area contributed by atoms with E-state index in [1.807, 2.05) is 0 Å². The van der Waals surface area contributed by atoms with Crippen LogP contribution >= 0.6 is 0 Å². The van der Waals surface area contributed by atoms with Crippen LogP contribution in [0.3, 0.4) is 0 Å². The molecule has 1 rings (SSSR count). The van der Waals surface area contributed by atoms with Crippen LogP contribution in [0.1, 0.15) is 13.3 Å². The molecule has 0 radical (unpaired) electrons. The van der Waals surface area contributed by atoms with Gasteiger partial charge in [-0.05, 0) is 25.8 Å². The van der Waals surface area contributed by atoms with Crippen LogP contribution < -0.4 is 5.73 Å². The topological polar surface area (TPSA) is 101 Å². The van der Waals surface area contributed by atoms with Gasteiger partial charge in [-0.25, -0.2) is 8.42 Å². The second-order valence-electron chi connectivity index (χ2n) is 3.91. The molecule has 6 nitrogen and oxygen atoms in total. The van der Waals surface area contributed by atoms with E-state index in [1.165, 1.54) is 4.31 Å². The van der Waals surface area contributed by atoms with Crippen molar-refractivity contribution in [1.82, 2.24) is 4.31 Å². The van der Waals surface area contributed by atoms with Crippen molar-refractivity contribution in [3.8, 4) is 0 Å². The summed E-state index contributed by atoms with van der Waals surface area (Å²) in [6.45, 7) is 2.55. The van der Waals surface area contributed by atoms with Gasteiger partial charge in [-0.3, -0.25) is 4.79 Å². The highest BCUT2D eigenvalue weighted by Gasteiger charge is 2.37. The van der Waals surface area contributed by atoms with E-state index in [9.17, 15) is 13.2 Å². The van der Waals surface area contributed by atoms with E-state index in [1.54, 1.807) is 6.92 Å². The summed E-state index contributed by atoms with van der Waals surface area (Å²) in [7, 11) is -3.67. The molecule has 1 aliphatic rings. The summed E-state index contributed by atoms with van der Waals surface area (Å²) in [6, 6.07) is -0.150. The molecule has 2 unspecified atom stereocenters. The number of sulfonamides is 1. The van der Waals surface area contributed by atoms with Crippen molar-refractivity contribution in [2.75, 3.05) is 18.8 Å². The third kappa shape index (κ3) is 2.90. The molecule has 15 heavy (non-hydrogen) atoms. The van der Waals surface area contributed by atoms with Gasteiger partial charge >= 0.3 is 5.97 Å². The first-order valence-corrected chi connectivity index (χ1v) is 6.39. The van der Waals surface area contributed by atoms with Gasteiger partial charge in [0.1, 0.15) is 0 Å². The Morgan fingerprint density at radius 2 is 2.20 bits per heavy atom. The number of rotatable bonds is 4. The van der Waals surface area contributed by atoms with Crippen LogP contribution in [-0.4, -0.2) is 48.7 Å². The van der Waals surface area contributed by atoms with Gasteiger partial charge in [0.2, 0.25) is 10.0 Å². The van der Waals surface area contributed by atoms with Gasteiger partial charge in [0.15, 0.2) is 5.75 Å². The van der Waals surface area contributed by atoms with Crippen molar-refractivity contribution in [3.63, 3.8) is 0 Å². The van der Waals surface area contributed by atoms with Crippen LogP contribution in [-0.2, 0) is 14.8 Å². The van der Waals surface area contributed by atoms with Crippen LogP contribution in [0.2, 0.25) is 0 Å². The van der Waals surface area contributed by atoms with E-state index in [2.05, 4.69) is 0 Å². The highest BCUT2D eigenvalue weighted by atomic mass is 32.2. The first-order chi connectivity index (χ1) is 6.86. The standard InChI is InChI=1S/C8H16N2O4S/c1-6-2-7(3-9)4-10(6)15(13,14)5-8(11)12/h6-7H,2-5,9H2,1H3,(H,11,12). The summed E-state index contributed by atoms with van der Waals surface area (Å²) in [5.74, 6) is -2.02. The van der Waals surface area contributed by atoms with Crippen molar-refractivity contribution >= 4 is 16.0 Å². The molecule has 0 aromatic rings. The minimum atomic E-state index is -3.67. The van der Waals surface area contributed by atoms with Crippen LogP contribution in [0.4, 0.5) is 0 Å². The molecule has 0 aromatic heterocycles. The normalized spacial score (nSPS) is 28.1. The van der Waals surface area contributed by atoms with Crippen LogP contribution in [0.5, 0.6) is 0 Å². The minimum Gasteiger partial charge on any atom is -0.480 e. The van der Waals surface area contributed by atoms with Crippen LogP contribution in [0.15, 0.2) is 0 Å². The molecule has 0 aromatic carbocycles. The monoisotopic (exact) mass is 236 g/mol. The molecule has 1 aliphatic heterocycles. The molecule has 1 heterocycles. The Morgan fingerprint density at radius 3 is 2.60 bits per heavy atom. The predicted molar refractivity (Wildman–Crippen MR) is 54.8 cm³/mol. The number of nitrogens with zero attached hydrogens (tertiary/aromatic N) is 1. The summed E-state index contributed by atoms with van der Waals surface area (Å²) in [6.07, 6.45) is 0.704. The fourth-order valence-corrected chi connectivity index (χ4v) is 3.46. The first-order valence-electron chi connectivity index (χ1n) is 4.78. The molecule has 0 saturated carbocycles. The maximum absolute atomic E-state index is 11.6. The Bertz CT molecular complexity index is 341. The van der Waals surface area contributed by atoms with Crippen LogP contribution in [0.25, 0.3) is 0 Å². The van der Waals surface area contributed by atoms with Gasteiger partial charge in [-0.1, -0.05) is 0 Å². The number of hydrogen-bond donors (Lipinski definition) is 2. The summed E-state index contributed by atoms with van der Waals surface area (Å²) in [5, 5.41) is 8.49. The largest absolute Gasteiger partial charge is 0.480 e. The van der Waals surface area contributed by atoms with E-state index in [-0.39, 0.29) is 12.0 Å². The van der Waals surface area contributed by atoms with Gasteiger partial charge in [0.05, 0.1) is 0 Å². The summed E-state index contributed by atoms with van der Waals surface area (Å²) in [5.41, 5.74) is 5.46. The molecule has 1 saturated heterocycles. The highest BCUT2D eigenvalue weighted by molar-refractivity contribution is 7.89. The molecule has 1 fully saturated rings. The minimum absolute atomic E-state index is 0.142. The third-order valence-corrected chi connectivity index (χ3v) is 4.44. The second-order valence-corrected chi connectivity index (χ2v) is 5.83. The molecular weight excluding hydrogens is 220 g/mol. The summed E-state index contributed by atoms with van der Waals surface area (Å²) in [4.78, 5) is 10.4. The Balaban J connectivity index is 2.76. The lowest BCUT2D eigenvalue weighted by molar-refractivity contribution is -0.134. The second kappa shape index (κ2) is 4.46. The quantitative estimate of drug-likeness (QED) is 0.656. The number of carboxylic acid groups (broad SMARTS) is 1. The summed E-state index contributed by atoms with van der Waals surface area (Å²) >= 11 is 0. The number of carbonyl (C=O) groups is 1. The number of hydrogen-bond acceptors (Lipinski definition) is 4. The lowest BCUT2D eigenvalue weighted by atomic mass is 10.1. The molecule has 0 bridgehead atoms. The number of carboxylic acids is 1. The van der Waals surface area contributed by atoms with Crippen molar-refractivity contribution in [2.45, 2.75) is 19.4 Å². The first kappa shape index (κ1) is 12.4. The van der Waals surface area contributed by atoms with Gasteiger partial charge in [-0.2, -0.15) is 4.31 Å². The van der Waals surface area contributed by atoms with Crippen molar-refractivity contribution in [1.29, 1.82) is 0 Å². The maximum atomic E-state index is 11.6. The average molecular weight is 236 g/mol. The fourth-order valence-electron chi connectivity index (χ4n) is 1.91. The molecule has 3 N–H and O–H groups in total. The fraction of sp³-hybridized carbons (Fsp3) is 0.875. The SMILES string of the molecule is CC1CC(CN)CN1S(=O)(=O)CC(=O)O. The Hall–Kier alpha value is -0.660. The van der Waals surface area contributed by atoms with E-state index < -0.39 is 21.7 Å². The van der Waals surface area contributed by atoms with Gasteiger partial charge in [0, 0.05) is 12.6 Å². The average Bonchev–Trinajstić information content (AvgIpc) is 2.45. The van der Waals surface area contributed by atoms with E-state index in [0.29, 0.717) is 19.5 Å². The third-order valence-electron chi connectivity index (χ3n) is 2.60. The zero-order valence-electron chi connectivity index (χ0n) is 8.59. The van der Waals surface area contributed by atoms with Crippen molar-refractivity contribution in [2.24, 2.45) is 11.7 Å². The molecule has 2 atom stereocenters. The lowest BCUT2D eigenvalue weighted by Crippen LogP contribution is -2.38. The predicted octanol–water partition coefficient (Wildman–Crippen LogP) is -0.930. The number of aliphatic carboxylic acids is 1. The Kier molecular flexibility index (Phi) is 3.69. The highest BCUT2D eigenvalue weighted by Crippen LogP contribution is 2.25. The van der Waals surface area contributed by atoms with E-state index in [0.717, 1.165) is 0 Å². The van der Waals surface area contributed by atoms with Crippen molar-refractivity contribution in [3.05, 3.63) is 0 Å². The molecule has 0 amide bonds. The smallest absolute Gasteiger partial charge is 0.320 e. The Morgan fingerprint density at radius 1 is 1.60 bits per heavy atom.